The van der Waals surface area contributed by atoms with E-state index in [0.717, 1.165) is 6.42 Å². The third-order valence-corrected chi connectivity index (χ3v) is 2.73. The Hall–Kier alpha value is -0.730. The molecule has 2 unspecified atom stereocenters. The van der Waals surface area contributed by atoms with Gasteiger partial charge in [0, 0.05) is 13.1 Å². The summed E-state index contributed by atoms with van der Waals surface area (Å²) >= 11 is 0. The third kappa shape index (κ3) is 2.13. The summed E-state index contributed by atoms with van der Waals surface area (Å²) < 4.78 is 0. The molecule has 2 atom stereocenters. The van der Waals surface area contributed by atoms with Crippen LogP contribution in [0.4, 0.5) is 4.79 Å². The van der Waals surface area contributed by atoms with Gasteiger partial charge in [-0.15, -0.1) is 0 Å². The molecule has 0 spiro atoms. The van der Waals surface area contributed by atoms with E-state index in [2.05, 4.69) is 17.6 Å². The molecule has 2 amide bonds. The number of urea groups is 1. The summed E-state index contributed by atoms with van der Waals surface area (Å²) in [6, 6.07) is 0.371. The summed E-state index contributed by atoms with van der Waals surface area (Å²) in [7, 11) is 1.66. The van der Waals surface area contributed by atoms with Crippen LogP contribution >= 0.6 is 0 Å². The molecular formula is C9H18N2O. The van der Waals surface area contributed by atoms with E-state index in [-0.39, 0.29) is 6.03 Å². The molecular weight excluding hydrogens is 152 g/mol. The van der Waals surface area contributed by atoms with Crippen LogP contribution in [0.25, 0.3) is 0 Å². The Morgan fingerprint density at radius 3 is 2.83 bits per heavy atom. The van der Waals surface area contributed by atoms with Crippen molar-refractivity contribution in [2.45, 2.75) is 38.6 Å². The minimum Gasteiger partial charge on any atom is -0.341 e. The van der Waals surface area contributed by atoms with Crippen LogP contribution in [0.15, 0.2) is 0 Å². The molecule has 0 radical (unpaired) electrons. The summed E-state index contributed by atoms with van der Waals surface area (Å²) in [5.74, 6) is 0.697. The number of carbonyl (C=O) groups excluding carboxylic acids is 1. The molecule has 1 aliphatic rings. The molecule has 1 aliphatic carbocycles. The molecule has 70 valence electrons. The van der Waals surface area contributed by atoms with Crippen LogP contribution in [0.3, 0.4) is 0 Å². The first-order chi connectivity index (χ1) is 5.77. The zero-order valence-corrected chi connectivity index (χ0v) is 7.89. The fraction of sp³-hybridized carbons (Fsp3) is 0.889. The normalized spacial score (nSPS) is 28.5. The second-order valence-electron chi connectivity index (χ2n) is 3.43. The highest BCUT2D eigenvalue weighted by atomic mass is 16.2. The quantitative estimate of drug-likeness (QED) is 0.647. The number of hydrogen-bond donors (Lipinski definition) is 2. The van der Waals surface area contributed by atoms with Crippen molar-refractivity contribution >= 4 is 6.03 Å². The Morgan fingerprint density at radius 2 is 2.25 bits per heavy atom. The second-order valence-corrected chi connectivity index (χ2v) is 3.43. The average molecular weight is 170 g/mol. The summed E-state index contributed by atoms with van der Waals surface area (Å²) in [5.41, 5.74) is 0. The van der Waals surface area contributed by atoms with E-state index in [9.17, 15) is 4.79 Å². The first-order valence-electron chi connectivity index (χ1n) is 4.76. The Bertz CT molecular complexity index is 159. The lowest BCUT2D eigenvalue weighted by Gasteiger charge is -2.18. The lowest BCUT2D eigenvalue weighted by Crippen LogP contribution is -2.42. The molecule has 0 saturated heterocycles. The van der Waals surface area contributed by atoms with Crippen molar-refractivity contribution in [3.8, 4) is 0 Å². The van der Waals surface area contributed by atoms with Crippen LogP contribution < -0.4 is 10.6 Å². The molecule has 3 heteroatoms. The summed E-state index contributed by atoms with van der Waals surface area (Å²) in [6.07, 6.45) is 4.85. The van der Waals surface area contributed by atoms with Crippen molar-refractivity contribution < 1.29 is 4.79 Å². The Kier molecular flexibility index (Phi) is 3.38. The maximum atomic E-state index is 11.0. The van der Waals surface area contributed by atoms with Crippen LogP contribution in [-0.4, -0.2) is 19.1 Å². The molecule has 2 N–H and O–H groups in total. The fourth-order valence-corrected chi connectivity index (χ4v) is 1.96. The minimum atomic E-state index is -0.0413. The highest BCUT2D eigenvalue weighted by molar-refractivity contribution is 5.73. The molecule has 1 saturated carbocycles. The predicted octanol–water partition coefficient (Wildman–Crippen LogP) is 1.49. The van der Waals surface area contributed by atoms with Gasteiger partial charge in [-0.1, -0.05) is 19.8 Å². The molecule has 0 heterocycles. The third-order valence-electron chi connectivity index (χ3n) is 2.73. The van der Waals surface area contributed by atoms with Crippen LogP contribution in [0, 0.1) is 5.92 Å². The fourth-order valence-electron chi connectivity index (χ4n) is 1.96. The van der Waals surface area contributed by atoms with Gasteiger partial charge in [-0.05, 0) is 18.8 Å². The maximum Gasteiger partial charge on any atom is 0.314 e. The van der Waals surface area contributed by atoms with E-state index >= 15 is 0 Å². The largest absolute Gasteiger partial charge is 0.341 e. The average Bonchev–Trinajstić information content (AvgIpc) is 2.51. The van der Waals surface area contributed by atoms with E-state index in [1.165, 1.54) is 19.3 Å². The van der Waals surface area contributed by atoms with E-state index in [1.807, 2.05) is 0 Å². The molecule has 12 heavy (non-hydrogen) atoms. The standard InChI is InChI=1S/C9H18N2O/c1-3-7-5-4-6-8(7)11-9(12)10-2/h7-8H,3-6H2,1-2H3,(H2,10,11,12). The van der Waals surface area contributed by atoms with Gasteiger partial charge < -0.3 is 10.6 Å². The van der Waals surface area contributed by atoms with Gasteiger partial charge in [-0.25, -0.2) is 4.79 Å². The lowest BCUT2D eigenvalue weighted by atomic mass is 10.0. The minimum absolute atomic E-state index is 0.0413. The van der Waals surface area contributed by atoms with Crippen LogP contribution in [0.1, 0.15) is 32.6 Å². The van der Waals surface area contributed by atoms with Crippen LogP contribution in [-0.2, 0) is 0 Å². The lowest BCUT2D eigenvalue weighted by molar-refractivity contribution is 0.235. The van der Waals surface area contributed by atoms with Gasteiger partial charge in [0.15, 0.2) is 0 Å². The van der Waals surface area contributed by atoms with E-state index in [0.29, 0.717) is 12.0 Å². The van der Waals surface area contributed by atoms with Crippen molar-refractivity contribution in [3.05, 3.63) is 0 Å². The van der Waals surface area contributed by atoms with Gasteiger partial charge in [0.05, 0.1) is 0 Å². The van der Waals surface area contributed by atoms with Crippen LogP contribution in [0.5, 0.6) is 0 Å². The van der Waals surface area contributed by atoms with Gasteiger partial charge in [0.2, 0.25) is 0 Å². The van der Waals surface area contributed by atoms with Crippen molar-refractivity contribution in [3.63, 3.8) is 0 Å². The molecule has 3 nitrogen and oxygen atoms in total. The van der Waals surface area contributed by atoms with E-state index in [4.69, 9.17) is 0 Å². The number of rotatable bonds is 2. The van der Waals surface area contributed by atoms with E-state index < -0.39 is 0 Å². The van der Waals surface area contributed by atoms with Gasteiger partial charge in [0.25, 0.3) is 0 Å². The maximum absolute atomic E-state index is 11.0. The number of amides is 2. The zero-order valence-electron chi connectivity index (χ0n) is 7.89. The Morgan fingerprint density at radius 1 is 1.50 bits per heavy atom. The van der Waals surface area contributed by atoms with Gasteiger partial charge in [-0.3, -0.25) is 0 Å². The monoisotopic (exact) mass is 170 g/mol. The second kappa shape index (κ2) is 4.33. The first-order valence-corrected chi connectivity index (χ1v) is 4.76. The highest BCUT2D eigenvalue weighted by Crippen LogP contribution is 2.27. The first kappa shape index (κ1) is 9.36. The van der Waals surface area contributed by atoms with Crippen LogP contribution in [0.2, 0.25) is 0 Å². The smallest absolute Gasteiger partial charge is 0.314 e. The molecule has 0 aliphatic heterocycles. The topological polar surface area (TPSA) is 41.1 Å². The van der Waals surface area contributed by atoms with Gasteiger partial charge in [-0.2, -0.15) is 0 Å². The molecule has 0 bridgehead atoms. The predicted molar refractivity (Wildman–Crippen MR) is 49.0 cm³/mol. The molecule has 0 aromatic carbocycles. The van der Waals surface area contributed by atoms with Gasteiger partial charge in [0.1, 0.15) is 0 Å². The number of hydrogen-bond acceptors (Lipinski definition) is 1. The van der Waals surface area contributed by atoms with Crippen molar-refractivity contribution in [1.29, 1.82) is 0 Å². The zero-order chi connectivity index (χ0) is 8.97. The summed E-state index contributed by atoms with van der Waals surface area (Å²) in [5, 5.41) is 5.57. The Labute approximate surface area is 73.9 Å². The summed E-state index contributed by atoms with van der Waals surface area (Å²) in [4.78, 5) is 11.0. The molecule has 0 aromatic heterocycles. The summed E-state index contributed by atoms with van der Waals surface area (Å²) in [6.45, 7) is 2.19. The highest BCUT2D eigenvalue weighted by Gasteiger charge is 2.26. The number of nitrogens with one attached hydrogen (secondary N) is 2. The molecule has 1 rings (SSSR count). The molecule has 1 fully saturated rings. The van der Waals surface area contributed by atoms with Crippen molar-refractivity contribution in [2.24, 2.45) is 5.92 Å². The van der Waals surface area contributed by atoms with Gasteiger partial charge >= 0.3 is 6.03 Å². The number of carbonyl (C=O) groups is 1. The van der Waals surface area contributed by atoms with Crippen molar-refractivity contribution in [2.75, 3.05) is 7.05 Å². The molecule has 0 aromatic rings. The van der Waals surface area contributed by atoms with E-state index in [1.54, 1.807) is 7.05 Å². The van der Waals surface area contributed by atoms with Crippen molar-refractivity contribution in [1.82, 2.24) is 10.6 Å². The SMILES string of the molecule is CCC1CCCC1NC(=O)NC. The Balaban J connectivity index is 2.35.